The minimum absolute atomic E-state index is 0.0816. The summed E-state index contributed by atoms with van der Waals surface area (Å²) in [4.78, 5) is 24.4. The number of aromatic nitrogens is 3. The number of rotatable bonds is 7. The monoisotopic (exact) mass is 396 g/mol. The predicted octanol–water partition coefficient (Wildman–Crippen LogP) is 2.60. The summed E-state index contributed by atoms with van der Waals surface area (Å²) >= 11 is 1.27. The maximum atomic E-state index is 11.7. The van der Waals surface area contributed by atoms with Crippen molar-refractivity contribution in [3.63, 3.8) is 0 Å². The molecule has 140 valence electrons. The van der Waals surface area contributed by atoms with Crippen molar-refractivity contribution < 1.29 is 9.66 Å². The number of fused-ring (bicyclic) bond motifs is 1. The lowest BCUT2D eigenvalue weighted by molar-refractivity contribution is -0.383. The third-order valence-electron chi connectivity index (χ3n) is 3.63. The highest BCUT2D eigenvalue weighted by atomic mass is 32.1. The molecule has 0 radical (unpaired) electrons. The average molecular weight is 396 g/mol. The van der Waals surface area contributed by atoms with Crippen LogP contribution in [0.1, 0.15) is 0 Å². The Labute approximate surface area is 162 Å². The zero-order chi connectivity index (χ0) is 20.1. The molecule has 0 saturated carbocycles. The maximum absolute atomic E-state index is 11.7. The summed E-state index contributed by atoms with van der Waals surface area (Å²) in [7, 11) is 1.56. The lowest BCUT2D eigenvalue weighted by atomic mass is 10.3. The molecule has 3 rings (SSSR count). The summed E-state index contributed by atoms with van der Waals surface area (Å²) in [6.45, 7) is -0.461. The summed E-state index contributed by atoms with van der Waals surface area (Å²) < 4.78 is 6.01. The maximum Gasteiger partial charge on any atom is 0.353 e. The lowest BCUT2D eigenvalue weighted by Gasteiger charge is -2.17. The van der Waals surface area contributed by atoms with Gasteiger partial charge in [-0.15, -0.1) is 0 Å². The topological polar surface area (TPSA) is 154 Å². The van der Waals surface area contributed by atoms with Crippen molar-refractivity contribution >= 4 is 44.0 Å². The Bertz CT molecular complexity index is 1100. The summed E-state index contributed by atoms with van der Waals surface area (Å²) in [5, 5.41) is 32.8. The van der Waals surface area contributed by atoms with Crippen molar-refractivity contribution in [2.75, 3.05) is 30.4 Å². The highest BCUT2D eigenvalue weighted by Gasteiger charge is 2.27. The number of nitrogens with one attached hydrogen (secondary N) is 1. The molecular formula is C16H12N8O3S. The first-order valence-corrected chi connectivity index (χ1v) is 8.59. The molecule has 1 aromatic carbocycles. The Morgan fingerprint density at radius 2 is 2.07 bits per heavy atom. The van der Waals surface area contributed by atoms with E-state index in [1.54, 1.807) is 25.3 Å². The van der Waals surface area contributed by atoms with Crippen LogP contribution < -0.4 is 15.0 Å². The van der Waals surface area contributed by atoms with Crippen LogP contribution in [0.25, 0.3) is 10.2 Å². The smallest absolute Gasteiger partial charge is 0.353 e. The van der Waals surface area contributed by atoms with E-state index in [1.165, 1.54) is 16.2 Å². The van der Waals surface area contributed by atoms with Gasteiger partial charge in [0.15, 0.2) is 5.13 Å². The van der Waals surface area contributed by atoms with Crippen LogP contribution in [0.4, 0.5) is 22.5 Å². The highest BCUT2D eigenvalue weighted by Crippen LogP contribution is 2.36. The second-order valence-corrected chi connectivity index (χ2v) is 6.33. The van der Waals surface area contributed by atoms with Gasteiger partial charge in [-0.2, -0.15) is 10.5 Å². The van der Waals surface area contributed by atoms with E-state index in [4.69, 9.17) is 15.3 Å². The molecule has 3 aromatic rings. The van der Waals surface area contributed by atoms with E-state index < -0.39 is 10.6 Å². The van der Waals surface area contributed by atoms with Gasteiger partial charge in [0.2, 0.25) is 11.6 Å². The van der Waals surface area contributed by atoms with E-state index in [1.807, 2.05) is 12.1 Å². The van der Waals surface area contributed by atoms with Crippen LogP contribution in [0.5, 0.6) is 5.75 Å². The van der Waals surface area contributed by atoms with E-state index >= 15 is 0 Å². The molecular weight excluding hydrogens is 384 g/mol. The summed E-state index contributed by atoms with van der Waals surface area (Å²) in [6, 6.07) is 9.07. The Hall–Kier alpha value is -4.03. The van der Waals surface area contributed by atoms with E-state index in [2.05, 4.69) is 20.3 Å². The zero-order valence-corrected chi connectivity index (χ0v) is 15.3. The molecule has 0 unspecified atom stereocenters. The minimum atomic E-state index is -0.657. The predicted molar refractivity (Wildman–Crippen MR) is 102 cm³/mol. The lowest BCUT2D eigenvalue weighted by Crippen LogP contribution is -2.26. The molecule has 0 bridgehead atoms. The number of anilines is 3. The van der Waals surface area contributed by atoms with Crippen molar-refractivity contribution in [3.8, 4) is 17.9 Å². The SMILES string of the molecule is COc1ccc2nc(Nc3ncnc(N(CC#N)CC#N)c3[N+](=O)[O-])sc2c1. The van der Waals surface area contributed by atoms with Crippen LogP contribution in [0.15, 0.2) is 24.5 Å². The Morgan fingerprint density at radius 1 is 1.32 bits per heavy atom. The molecule has 0 aliphatic heterocycles. The van der Waals surface area contributed by atoms with E-state index in [-0.39, 0.29) is 24.7 Å². The van der Waals surface area contributed by atoms with Gasteiger partial charge in [-0.05, 0) is 18.2 Å². The van der Waals surface area contributed by atoms with Gasteiger partial charge in [-0.25, -0.2) is 15.0 Å². The molecule has 0 amide bonds. The van der Waals surface area contributed by atoms with Gasteiger partial charge >= 0.3 is 5.69 Å². The molecule has 0 saturated heterocycles. The summed E-state index contributed by atoms with van der Waals surface area (Å²) in [5.74, 6) is 0.469. The third kappa shape index (κ3) is 3.72. The van der Waals surface area contributed by atoms with Crippen molar-refractivity contribution in [1.29, 1.82) is 10.5 Å². The van der Waals surface area contributed by atoms with Crippen molar-refractivity contribution in [2.45, 2.75) is 0 Å². The normalized spacial score (nSPS) is 10.1. The van der Waals surface area contributed by atoms with Gasteiger partial charge < -0.3 is 15.0 Å². The molecule has 0 aliphatic rings. The number of nitriles is 2. The van der Waals surface area contributed by atoms with Gasteiger partial charge in [0.05, 0.1) is 34.4 Å². The first-order valence-electron chi connectivity index (χ1n) is 7.77. The Kier molecular flexibility index (Phi) is 5.43. The number of hydrogen-bond donors (Lipinski definition) is 1. The zero-order valence-electron chi connectivity index (χ0n) is 14.5. The van der Waals surface area contributed by atoms with Gasteiger partial charge in [0.1, 0.15) is 25.2 Å². The molecule has 2 heterocycles. The van der Waals surface area contributed by atoms with Crippen LogP contribution in [-0.2, 0) is 0 Å². The molecule has 0 fully saturated rings. The van der Waals surface area contributed by atoms with Crippen molar-refractivity contribution in [1.82, 2.24) is 15.0 Å². The fourth-order valence-corrected chi connectivity index (χ4v) is 3.32. The van der Waals surface area contributed by atoms with E-state index in [0.717, 1.165) is 11.0 Å². The van der Waals surface area contributed by atoms with E-state index in [9.17, 15) is 10.1 Å². The fraction of sp³-hybridized carbons (Fsp3) is 0.188. The second-order valence-electron chi connectivity index (χ2n) is 5.30. The van der Waals surface area contributed by atoms with Gasteiger partial charge in [-0.1, -0.05) is 11.3 Å². The average Bonchev–Trinajstić information content (AvgIpc) is 3.08. The van der Waals surface area contributed by atoms with Crippen LogP contribution in [0, 0.1) is 32.8 Å². The number of thiazole rings is 1. The molecule has 12 heteroatoms. The number of benzene rings is 1. The number of nitrogens with zero attached hydrogens (tertiary/aromatic N) is 7. The highest BCUT2D eigenvalue weighted by molar-refractivity contribution is 7.22. The van der Waals surface area contributed by atoms with Gasteiger partial charge in [0, 0.05) is 0 Å². The molecule has 0 atom stereocenters. The molecule has 1 N–H and O–H groups in total. The molecule has 11 nitrogen and oxygen atoms in total. The quantitative estimate of drug-likeness (QED) is 0.358. The standard InChI is InChI=1S/C16H12N8O3S/c1-27-10-2-3-11-12(8-10)28-16(21-11)22-14-13(24(25)26)15(20-9-19-14)23(6-4-17)7-5-18/h2-3,8-9H,6-7H2,1H3,(H,19,20,21,22). The van der Waals surface area contributed by atoms with Crippen LogP contribution >= 0.6 is 11.3 Å². The number of methoxy groups -OCH3 is 1. The molecule has 0 spiro atoms. The van der Waals surface area contributed by atoms with Crippen LogP contribution in [0.2, 0.25) is 0 Å². The van der Waals surface area contributed by atoms with Crippen LogP contribution in [0.3, 0.4) is 0 Å². The Morgan fingerprint density at radius 3 is 2.71 bits per heavy atom. The van der Waals surface area contributed by atoms with Gasteiger partial charge in [0.25, 0.3) is 0 Å². The number of hydrogen-bond acceptors (Lipinski definition) is 11. The second kappa shape index (κ2) is 8.11. The molecule has 0 aliphatic carbocycles. The number of nitro groups is 1. The van der Waals surface area contributed by atoms with Crippen LogP contribution in [-0.4, -0.2) is 40.1 Å². The Balaban J connectivity index is 2.02. The van der Waals surface area contributed by atoms with E-state index in [0.29, 0.717) is 16.4 Å². The largest absolute Gasteiger partial charge is 0.497 e. The fourth-order valence-electron chi connectivity index (χ4n) is 2.42. The minimum Gasteiger partial charge on any atom is -0.497 e. The third-order valence-corrected chi connectivity index (χ3v) is 4.56. The summed E-state index contributed by atoms with van der Waals surface area (Å²) in [6.07, 6.45) is 1.13. The van der Waals surface area contributed by atoms with Crippen molar-refractivity contribution in [3.05, 3.63) is 34.6 Å². The molecule has 2 aromatic heterocycles. The first-order chi connectivity index (χ1) is 13.6. The number of ether oxygens (including phenoxy) is 1. The first kappa shape index (κ1) is 18.8. The summed E-state index contributed by atoms with van der Waals surface area (Å²) in [5.41, 5.74) is 0.255. The van der Waals surface area contributed by atoms with Gasteiger partial charge in [-0.3, -0.25) is 10.1 Å². The van der Waals surface area contributed by atoms with Crippen molar-refractivity contribution in [2.24, 2.45) is 0 Å². The molecule has 28 heavy (non-hydrogen) atoms.